The first-order valence-corrected chi connectivity index (χ1v) is 6.02. The van der Waals surface area contributed by atoms with Crippen LogP contribution in [0.25, 0.3) is 0 Å². The summed E-state index contributed by atoms with van der Waals surface area (Å²) in [6.07, 6.45) is 0.300. The Balaban J connectivity index is 2.33. The first-order chi connectivity index (χ1) is 9.49. The molecule has 1 amide bonds. The predicted molar refractivity (Wildman–Crippen MR) is 69.9 cm³/mol. The quantitative estimate of drug-likeness (QED) is 0.619. The van der Waals surface area contributed by atoms with E-state index in [1.807, 2.05) is 4.90 Å². The van der Waals surface area contributed by atoms with Crippen LogP contribution in [-0.2, 0) is 4.79 Å². The predicted octanol–water partition coefficient (Wildman–Crippen LogP) is 0.619. The number of nitro groups is 1. The summed E-state index contributed by atoms with van der Waals surface area (Å²) < 4.78 is 0. The fourth-order valence-corrected chi connectivity index (χ4v) is 2.07. The topological polar surface area (TPSA) is 113 Å². The highest BCUT2D eigenvalue weighted by Gasteiger charge is 2.22. The average molecular weight is 279 g/mol. The van der Waals surface area contributed by atoms with Crippen molar-refractivity contribution < 1.29 is 19.6 Å². The Morgan fingerprint density at radius 1 is 1.40 bits per heavy atom. The first-order valence-electron chi connectivity index (χ1n) is 6.02. The van der Waals surface area contributed by atoms with E-state index in [4.69, 9.17) is 5.11 Å². The minimum absolute atomic E-state index is 0.0656. The molecule has 1 fully saturated rings. The molecule has 0 aliphatic carbocycles. The SMILES string of the molecule is O=C1CCN(c2ccc(C(=O)O)c([N+](=O)[O-])c2)CCN1. The highest BCUT2D eigenvalue weighted by atomic mass is 16.6. The second kappa shape index (κ2) is 5.55. The number of hydrogen-bond acceptors (Lipinski definition) is 5. The van der Waals surface area contributed by atoms with Crippen molar-refractivity contribution in [1.29, 1.82) is 0 Å². The number of nitro benzene ring substituents is 1. The van der Waals surface area contributed by atoms with E-state index >= 15 is 0 Å². The number of amides is 1. The van der Waals surface area contributed by atoms with Gasteiger partial charge >= 0.3 is 5.97 Å². The Labute approximate surface area is 114 Å². The van der Waals surface area contributed by atoms with Crippen molar-refractivity contribution in [1.82, 2.24) is 5.32 Å². The maximum atomic E-state index is 11.3. The summed E-state index contributed by atoms with van der Waals surface area (Å²) in [6, 6.07) is 3.97. The molecule has 1 aromatic carbocycles. The molecule has 106 valence electrons. The molecule has 0 spiro atoms. The van der Waals surface area contributed by atoms with Crippen LogP contribution in [0.1, 0.15) is 16.8 Å². The van der Waals surface area contributed by atoms with Crippen LogP contribution in [0.4, 0.5) is 11.4 Å². The number of aromatic carboxylic acids is 1. The number of hydrogen-bond donors (Lipinski definition) is 2. The van der Waals surface area contributed by atoms with Crippen molar-refractivity contribution in [2.45, 2.75) is 6.42 Å². The molecular weight excluding hydrogens is 266 g/mol. The summed E-state index contributed by atoms with van der Waals surface area (Å²) in [7, 11) is 0. The molecule has 20 heavy (non-hydrogen) atoms. The Bertz CT molecular complexity index is 572. The molecular formula is C12H13N3O5. The number of rotatable bonds is 3. The molecule has 2 rings (SSSR count). The smallest absolute Gasteiger partial charge is 0.342 e. The number of benzene rings is 1. The van der Waals surface area contributed by atoms with Crippen molar-refractivity contribution in [3.05, 3.63) is 33.9 Å². The molecule has 0 aromatic heterocycles. The minimum Gasteiger partial charge on any atom is -0.477 e. The van der Waals surface area contributed by atoms with Gasteiger partial charge in [-0.2, -0.15) is 0 Å². The molecule has 8 nitrogen and oxygen atoms in total. The molecule has 0 unspecified atom stereocenters. The number of anilines is 1. The number of nitrogens with one attached hydrogen (secondary N) is 1. The maximum absolute atomic E-state index is 11.3. The summed E-state index contributed by atoms with van der Waals surface area (Å²) >= 11 is 0. The summed E-state index contributed by atoms with van der Waals surface area (Å²) in [5.41, 5.74) is -0.250. The van der Waals surface area contributed by atoms with Gasteiger partial charge in [0.1, 0.15) is 5.56 Å². The lowest BCUT2D eigenvalue weighted by atomic mass is 10.1. The zero-order valence-corrected chi connectivity index (χ0v) is 10.5. The fourth-order valence-electron chi connectivity index (χ4n) is 2.07. The monoisotopic (exact) mass is 279 g/mol. The van der Waals surface area contributed by atoms with Gasteiger partial charge in [-0.05, 0) is 12.1 Å². The van der Waals surface area contributed by atoms with Gasteiger partial charge in [0.25, 0.3) is 5.69 Å². The third-order valence-corrected chi connectivity index (χ3v) is 3.09. The number of carbonyl (C=O) groups is 2. The summed E-state index contributed by atoms with van der Waals surface area (Å²) in [5.74, 6) is -1.40. The Morgan fingerprint density at radius 3 is 2.80 bits per heavy atom. The second-order valence-electron chi connectivity index (χ2n) is 4.35. The van der Waals surface area contributed by atoms with Gasteiger partial charge in [0, 0.05) is 37.8 Å². The van der Waals surface area contributed by atoms with Crippen molar-refractivity contribution in [3.8, 4) is 0 Å². The Hall–Kier alpha value is -2.64. The molecule has 0 radical (unpaired) electrons. The zero-order valence-electron chi connectivity index (χ0n) is 10.5. The van der Waals surface area contributed by atoms with Gasteiger partial charge in [-0.25, -0.2) is 4.79 Å². The van der Waals surface area contributed by atoms with Crippen LogP contribution in [-0.4, -0.2) is 41.5 Å². The van der Waals surface area contributed by atoms with E-state index in [-0.39, 0.29) is 11.5 Å². The van der Waals surface area contributed by atoms with Crippen molar-refractivity contribution in [2.75, 3.05) is 24.5 Å². The van der Waals surface area contributed by atoms with E-state index in [1.54, 1.807) is 0 Å². The summed E-state index contributed by atoms with van der Waals surface area (Å²) in [4.78, 5) is 34.2. The van der Waals surface area contributed by atoms with Gasteiger partial charge in [-0.1, -0.05) is 0 Å². The molecule has 0 atom stereocenters. The minimum atomic E-state index is -1.34. The molecule has 0 bridgehead atoms. The van der Waals surface area contributed by atoms with E-state index in [0.717, 1.165) is 0 Å². The van der Waals surface area contributed by atoms with Gasteiger partial charge in [0.05, 0.1) is 4.92 Å². The first kappa shape index (κ1) is 13.8. The van der Waals surface area contributed by atoms with Gasteiger partial charge in [0.15, 0.2) is 0 Å². The van der Waals surface area contributed by atoms with E-state index < -0.39 is 16.6 Å². The lowest BCUT2D eigenvalue weighted by Crippen LogP contribution is -2.28. The molecule has 1 aliphatic rings. The number of carboxylic acid groups (broad SMARTS) is 1. The molecule has 8 heteroatoms. The Kier molecular flexibility index (Phi) is 3.83. The normalized spacial score (nSPS) is 15.4. The van der Waals surface area contributed by atoms with E-state index in [9.17, 15) is 19.7 Å². The van der Waals surface area contributed by atoms with E-state index in [1.165, 1.54) is 18.2 Å². The van der Waals surface area contributed by atoms with Crippen LogP contribution in [0.15, 0.2) is 18.2 Å². The van der Waals surface area contributed by atoms with Gasteiger partial charge < -0.3 is 15.3 Å². The zero-order chi connectivity index (χ0) is 14.7. The van der Waals surface area contributed by atoms with E-state index in [2.05, 4.69) is 5.32 Å². The lowest BCUT2D eigenvalue weighted by molar-refractivity contribution is -0.385. The Morgan fingerprint density at radius 2 is 2.15 bits per heavy atom. The second-order valence-corrected chi connectivity index (χ2v) is 4.35. The summed E-state index contributed by atoms with van der Waals surface area (Å²) in [6.45, 7) is 1.41. The van der Waals surface area contributed by atoms with Gasteiger partial charge in [0.2, 0.25) is 5.91 Å². The average Bonchev–Trinajstić information content (AvgIpc) is 2.62. The molecule has 1 aliphatic heterocycles. The molecule has 1 saturated heterocycles. The molecule has 2 N–H and O–H groups in total. The van der Waals surface area contributed by atoms with Crippen molar-refractivity contribution in [2.24, 2.45) is 0 Å². The third kappa shape index (κ3) is 2.85. The van der Waals surface area contributed by atoms with Crippen LogP contribution in [0, 0.1) is 10.1 Å². The summed E-state index contributed by atoms with van der Waals surface area (Å²) in [5, 5.41) is 22.6. The highest BCUT2D eigenvalue weighted by Crippen LogP contribution is 2.26. The number of carbonyl (C=O) groups excluding carboxylic acids is 1. The van der Waals surface area contributed by atoms with Crippen molar-refractivity contribution >= 4 is 23.3 Å². The number of carboxylic acids is 1. The van der Waals surface area contributed by atoms with Crippen LogP contribution in [0.3, 0.4) is 0 Å². The third-order valence-electron chi connectivity index (χ3n) is 3.09. The number of nitrogens with zero attached hydrogens (tertiary/aromatic N) is 2. The molecule has 0 saturated carbocycles. The fraction of sp³-hybridized carbons (Fsp3) is 0.333. The van der Waals surface area contributed by atoms with Crippen LogP contribution < -0.4 is 10.2 Å². The largest absolute Gasteiger partial charge is 0.477 e. The lowest BCUT2D eigenvalue weighted by Gasteiger charge is -2.21. The molecule has 1 aromatic rings. The van der Waals surface area contributed by atoms with Crippen molar-refractivity contribution in [3.63, 3.8) is 0 Å². The van der Waals surface area contributed by atoms with Crippen LogP contribution >= 0.6 is 0 Å². The van der Waals surface area contributed by atoms with Gasteiger partial charge in [-0.15, -0.1) is 0 Å². The van der Waals surface area contributed by atoms with Crippen LogP contribution in [0.2, 0.25) is 0 Å². The van der Waals surface area contributed by atoms with Crippen LogP contribution in [0.5, 0.6) is 0 Å². The standard InChI is InChI=1S/C12H13N3O5/c16-11-3-5-14(6-4-13-11)8-1-2-9(12(17)18)10(7-8)15(19)20/h1-2,7H,3-6H2,(H,13,16)(H,17,18). The maximum Gasteiger partial charge on any atom is 0.342 e. The molecule has 1 heterocycles. The van der Waals surface area contributed by atoms with E-state index in [0.29, 0.717) is 31.7 Å². The van der Waals surface area contributed by atoms with Gasteiger partial charge in [-0.3, -0.25) is 14.9 Å². The highest BCUT2D eigenvalue weighted by molar-refractivity contribution is 5.93.